The molecular formula is C22H33BrO. The lowest BCUT2D eigenvalue weighted by atomic mass is 9.50. The fourth-order valence-electron chi connectivity index (χ4n) is 7.07. The number of rotatable bonds is 2. The Balaban J connectivity index is 1.68. The molecule has 0 aromatic heterocycles. The second-order valence-corrected chi connectivity index (χ2v) is 10.3. The zero-order valence-electron chi connectivity index (χ0n) is 15.5. The van der Waals surface area contributed by atoms with Crippen LogP contribution in [0.25, 0.3) is 0 Å². The summed E-state index contributed by atoms with van der Waals surface area (Å²) in [6.07, 6.45) is 13.4. The monoisotopic (exact) mass is 392 g/mol. The van der Waals surface area contributed by atoms with Crippen LogP contribution in [0.1, 0.15) is 65.7 Å². The highest BCUT2D eigenvalue weighted by atomic mass is 79.9. The van der Waals surface area contributed by atoms with Crippen LogP contribution in [0.15, 0.2) is 23.3 Å². The highest BCUT2D eigenvalue weighted by Gasteiger charge is 2.56. The molecule has 7 atom stereocenters. The lowest BCUT2D eigenvalue weighted by molar-refractivity contribution is 0.0363. The summed E-state index contributed by atoms with van der Waals surface area (Å²) in [4.78, 5) is 0. The quantitative estimate of drug-likeness (QED) is 0.581. The summed E-state index contributed by atoms with van der Waals surface area (Å²) in [5.74, 6) is 3.19. The maximum Gasteiger partial charge on any atom is 0.0578 e. The van der Waals surface area contributed by atoms with Gasteiger partial charge in [0.2, 0.25) is 0 Å². The number of aliphatic hydroxyl groups excluding tert-OH is 1. The molecule has 0 saturated heterocycles. The number of fused-ring (bicyclic) bond motifs is 5. The predicted molar refractivity (Wildman–Crippen MR) is 104 cm³/mol. The zero-order chi connectivity index (χ0) is 17.1. The molecule has 0 aromatic rings. The van der Waals surface area contributed by atoms with Gasteiger partial charge in [0.05, 0.1) is 6.10 Å². The molecule has 0 bridgehead atoms. The number of allylic oxidation sites excluding steroid dienone is 3. The Morgan fingerprint density at radius 3 is 2.67 bits per heavy atom. The topological polar surface area (TPSA) is 20.2 Å². The molecule has 0 spiro atoms. The van der Waals surface area contributed by atoms with Crippen molar-refractivity contribution in [2.45, 2.75) is 71.8 Å². The maximum atomic E-state index is 10.1. The van der Waals surface area contributed by atoms with Gasteiger partial charge in [0, 0.05) is 5.33 Å². The van der Waals surface area contributed by atoms with E-state index in [9.17, 15) is 5.11 Å². The van der Waals surface area contributed by atoms with Crippen molar-refractivity contribution in [3.63, 3.8) is 0 Å². The fraction of sp³-hybridized carbons (Fsp3) is 0.818. The summed E-state index contributed by atoms with van der Waals surface area (Å²) in [7, 11) is 0. The van der Waals surface area contributed by atoms with Crippen molar-refractivity contribution < 1.29 is 5.11 Å². The van der Waals surface area contributed by atoms with E-state index in [1.807, 2.05) is 0 Å². The molecule has 0 heterocycles. The summed E-state index contributed by atoms with van der Waals surface area (Å²) >= 11 is 3.75. The van der Waals surface area contributed by atoms with Gasteiger partial charge in [-0.2, -0.15) is 0 Å². The Hall–Kier alpha value is -0.0800. The van der Waals surface area contributed by atoms with Crippen molar-refractivity contribution in [1.29, 1.82) is 0 Å². The van der Waals surface area contributed by atoms with E-state index >= 15 is 0 Å². The fourth-order valence-corrected chi connectivity index (χ4v) is 7.52. The van der Waals surface area contributed by atoms with E-state index < -0.39 is 0 Å². The third-order valence-electron chi connectivity index (χ3n) is 8.55. The summed E-state index contributed by atoms with van der Waals surface area (Å²) in [6, 6.07) is 0. The van der Waals surface area contributed by atoms with Gasteiger partial charge in [-0.05, 0) is 79.4 Å². The number of hydrogen-bond acceptors (Lipinski definition) is 1. The lowest BCUT2D eigenvalue weighted by Gasteiger charge is -2.55. The van der Waals surface area contributed by atoms with Crippen molar-refractivity contribution >= 4 is 15.9 Å². The average Bonchev–Trinajstić information content (AvgIpc) is 2.92. The molecule has 3 fully saturated rings. The minimum atomic E-state index is -0.108. The summed E-state index contributed by atoms with van der Waals surface area (Å²) < 4.78 is 0. The van der Waals surface area contributed by atoms with Crippen LogP contribution in [0.4, 0.5) is 0 Å². The van der Waals surface area contributed by atoms with E-state index in [1.165, 1.54) is 37.7 Å². The first kappa shape index (κ1) is 17.3. The highest BCUT2D eigenvalue weighted by Crippen LogP contribution is 2.65. The number of alkyl halides is 1. The summed E-state index contributed by atoms with van der Waals surface area (Å²) in [5, 5.41) is 11.2. The van der Waals surface area contributed by atoms with Gasteiger partial charge < -0.3 is 5.11 Å². The normalized spacial score (nSPS) is 48.7. The predicted octanol–water partition coefficient (Wildman–Crippen LogP) is 5.88. The first-order chi connectivity index (χ1) is 11.4. The molecule has 134 valence electrons. The molecule has 2 heteroatoms. The van der Waals surface area contributed by atoms with E-state index in [1.54, 1.807) is 5.57 Å². The Labute approximate surface area is 156 Å². The summed E-state index contributed by atoms with van der Waals surface area (Å²) in [5.41, 5.74) is 4.13. The van der Waals surface area contributed by atoms with Crippen LogP contribution in [0, 0.1) is 34.5 Å². The van der Waals surface area contributed by atoms with Crippen LogP contribution in [-0.2, 0) is 0 Å². The van der Waals surface area contributed by atoms with Gasteiger partial charge in [-0.3, -0.25) is 0 Å². The molecule has 3 saturated carbocycles. The Bertz CT molecular complexity index is 579. The molecule has 0 radical (unpaired) electrons. The second kappa shape index (κ2) is 5.98. The van der Waals surface area contributed by atoms with Crippen LogP contribution in [0.2, 0.25) is 0 Å². The molecule has 4 aliphatic rings. The summed E-state index contributed by atoms with van der Waals surface area (Å²) in [6.45, 7) is 7.53. The van der Waals surface area contributed by atoms with E-state index in [2.05, 4.69) is 48.9 Å². The van der Waals surface area contributed by atoms with Crippen molar-refractivity contribution in [1.82, 2.24) is 0 Å². The molecule has 0 amide bonds. The molecule has 0 aromatic carbocycles. The van der Waals surface area contributed by atoms with Crippen molar-refractivity contribution in [2.24, 2.45) is 34.5 Å². The van der Waals surface area contributed by atoms with Gasteiger partial charge in [0.1, 0.15) is 0 Å². The SMILES string of the molecule is C[C@H](CBr)[C@H]1CCC2C3=CC=C4CC(O)CC[C@@]4(C)C3CC[C@@]21C. The Morgan fingerprint density at radius 2 is 1.92 bits per heavy atom. The van der Waals surface area contributed by atoms with Crippen LogP contribution in [0.3, 0.4) is 0 Å². The van der Waals surface area contributed by atoms with E-state index in [0.29, 0.717) is 10.8 Å². The highest BCUT2D eigenvalue weighted by molar-refractivity contribution is 9.09. The van der Waals surface area contributed by atoms with Crippen LogP contribution < -0.4 is 0 Å². The van der Waals surface area contributed by atoms with E-state index in [0.717, 1.165) is 41.8 Å². The third-order valence-corrected chi connectivity index (χ3v) is 9.57. The standard InChI is InChI=1S/C22H33BrO/c1-14(13-23)18-6-7-19-17-5-4-15-12-16(24)8-10-21(15,2)20(17)9-11-22(18,19)3/h4-5,14,16,18-20,24H,6-13H2,1-3H3/t14-,16?,18-,19?,20?,21-,22-/m1/s1. The second-order valence-electron chi connectivity index (χ2n) is 9.64. The largest absolute Gasteiger partial charge is 0.393 e. The van der Waals surface area contributed by atoms with Crippen LogP contribution in [-0.4, -0.2) is 16.5 Å². The molecule has 4 aliphatic carbocycles. The first-order valence-corrected chi connectivity index (χ1v) is 11.2. The van der Waals surface area contributed by atoms with Crippen LogP contribution >= 0.6 is 15.9 Å². The molecule has 4 rings (SSSR count). The van der Waals surface area contributed by atoms with Gasteiger partial charge in [-0.1, -0.05) is 60.0 Å². The van der Waals surface area contributed by atoms with Gasteiger partial charge in [0.25, 0.3) is 0 Å². The van der Waals surface area contributed by atoms with Crippen LogP contribution in [0.5, 0.6) is 0 Å². The maximum absolute atomic E-state index is 10.1. The van der Waals surface area contributed by atoms with E-state index in [-0.39, 0.29) is 6.10 Å². The van der Waals surface area contributed by atoms with Gasteiger partial charge in [0.15, 0.2) is 0 Å². The van der Waals surface area contributed by atoms with Crippen molar-refractivity contribution in [3.8, 4) is 0 Å². The van der Waals surface area contributed by atoms with E-state index in [4.69, 9.17) is 0 Å². The Kier molecular flexibility index (Phi) is 4.32. The molecule has 3 unspecified atom stereocenters. The number of halogens is 1. The average molecular weight is 393 g/mol. The molecule has 24 heavy (non-hydrogen) atoms. The number of hydrogen-bond donors (Lipinski definition) is 1. The van der Waals surface area contributed by atoms with Gasteiger partial charge >= 0.3 is 0 Å². The minimum absolute atomic E-state index is 0.108. The smallest absolute Gasteiger partial charge is 0.0578 e. The van der Waals surface area contributed by atoms with Crippen molar-refractivity contribution in [2.75, 3.05) is 5.33 Å². The molecule has 0 aliphatic heterocycles. The van der Waals surface area contributed by atoms with Gasteiger partial charge in [-0.25, -0.2) is 0 Å². The Morgan fingerprint density at radius 1 is 1.12 bits per heavy atom. The first-order valence-electron chi connectivity index (χ1n) is 10.1. The number of aliphatic hydroxyl groups is 1. The van der Waals surface area contributed by atoms with Crippen molar-refractivity contribution in [3.05, 3.63) is 23.3 Å². The molecule has 1 nitrogen and oxygen atoms in total. The molecular weight excluding hydrogens is 360 g/mol. The minimum Gasteiger partial charge on any atom is -0.393 e. The lowest BCUT2D eigenvalue weighted by Crippen LogP contribution is -2.46. The van der Waals surface area contributed by atoms with Gasteiger partial charge in [-0.15, -0.1) is 0 Å². The third kappa shape index (κ3) is 2.35. The molecule has 1 N–H and O–H groups in total. The zero-order valence-corrected chi connectivity index (χ0v) is 17.1.